The van der Waals surface area contributed by atoms with Gasteiger partial charge in [-0.05, 0) is 89.3 Å². The first-order chi connectivity index (χ1) is 27.3. The second-order valence-corrected chi connectivity index (χ2v) is 16.4. The van der Waals surface area contributed by atoms with Gasteiger partial charge < -0.3 is 0 Å². The monoisotopic (exact) mass is 717 g/mol. The van der Waals surface area contributed by atoms with Crippen LogP contribution < -0.4 is 0 Å². The fourth-order valence-corrected chi connectivity index (χ4v) is 9.66. The van der Waals surface area contributed by atoms with Crippen LogP contribution in [0.25, 0.3) is 89.1 Å². The highest BCUT2D eigenvalue weighted by atomic mass is 15.0. The Morgan fingerprint density at radius 2 is 0.821 bits per heavy atom. The fourth-order valence-electron chi connectivity index (χ4n) is 9.66. The Bertz CT molecular complexity index is 3060. The zero-order chi connectivity index (χ0) is 37.8. The number of rotatable bonds is 4. The second-order valence-electron chi connectivity index (χ2n) is 16.4. The molecule has 0 atom stereocenters. The first kappa shape index (κ1) is 32.7. The van der Waals surface area contributed by atoms with Crippen molar-refractivity contribution < 1.29 is 0 Å². The Morgan fingerprint density at radius 3 is 1.54 bits per heavy atom. The molecule has 0 saturated carbocycles. The molecule has 0 aliphatic heterocycles. The van der Waals surface area contributed by atoms with Crippen molar-refractivity contribution in [2.24, 2.45) is 0 Å². The van der Waals surface area contributed by atoms with E-state index < -0.39 is 0 Å². The SMILES string of the molecule is CC1(C)c2ccccc2-c2c1cc1ccccc1c2-c1nc(-c2ccc(-c3ccccc3)cc2)nc(-c2cc3c(c4ccccc24)-c2ccccc2C3(C)C)n1. The van der Waals surface area contributed by atoms with Crippen LogP contribution in [0.1, 0.15) is 49.9 Å². The van der Waals surface area contributed by atoms with Crippen molar-refractivity contribution in [2.75, 3.05) is 0 Å². The first-order valence-corrected chi connectivity index (χ1v) is 19.5. The molecule has 0 radical (unpaired) electrons. The summed E-state index contributed by atoms with van der Waals surface area (Å²) in [5.41, 5.74) is 15.3. The second kappa shape index (κ2) is 11.9. The third kappa shape index (κ3) is 4.67. The maximum Gasteiger partial charge on any atom is 0.165 e. The molecule has 3 nitrogen and oxygen atoms in total. The molecule has 1 heterocycles. The fraction of sp³-hybridized carbons (Fsp3) is 0.113. The van der Waals surface area contributed by atoms with Gasteiger partial charge in [0.2, 0.25) is 0 Å². The molecule has 11 rings (SSSR count). The highest BCUT2D eigenvalue weighted by molar-refractivity contribution is 6.10. The van der Waals surface area contributed by atoms with Crippen molar-refractivity contribution in [2.45, 2.75) is 38.5 Å². The zero-order valence-corrected chi connectivity index (χ0v) is 31.9. The van der Waals surface area contributed by atoms with E-state index in [-0.39, 0.29) is 10.8 Å². The molecule has 0 amide bonds. The summed E-state index contributed by atoms with van der Waals surface area (Å²) in [6.45, 7) is 9.36. The van der Waals surface area contributed by atoms with Crippen molar-refractivity contribution in [3.63, 3.8) is 0 Å². The van der Waals surface area contributed by atoms with E-state index in [1.54, 1.807) is 0 Å². The van der Waals surface area contributed by atoms with Crippen molar-refractivity contribution in [1.82, 2.24) is 15.0 Å². The van der Waals surface area contributed by atoms with Gasteiger partial charge in [-0.25, -0.2) is 15.0 Å². The van der Waals surface area contributed by atoms with E-state index in [4.69, 9.17) is 15.0 Å². The normalized spacial score (nSPS) is 14.4. The van der Waals surface area contributed by atoms with Gasteiger partial charge in [-0.1, -0.05) is 179 Å². The minimum absolute atomic E-state index is 0.187. The molecule has 0 fully saturated rings. The number of benzene rings is 8. The Labute approximate surface area is 327 Å². The predicted octanol–water partition coefficient (Wildman–Crippen LogP) is 13.5. The Kier molecular flexibility index (Phi) is 6.94. The van der Waals surface area contributed by atoms with E-state index in [0.717, 1.165) is 33.0 Å². The van der Waals surface area contributed by atoms with Gasteiger partial charge in [0.15, 0.2) is 17.5 Å². The van der Waals surface area contributed by atoms with E-state index in [9.17, 15) is 0 Å². The van der Waals surface area contributed by atoms with Crippen LogP contribution in [0.2, 0.25) is 0 Å². The van der Waals surface area contributed by atoms with Gasteiger partial charge in [0, 0.05) is 27.5 Å². The summed E-state index contributed by atoms with van der Waals surface area (Å²) in [5.74, 6) is 2.02. The number of nitrogens with zero attached hydrogens (tertiary/aromatic N) is 3. The predicted molar refractivity (Wildman–Crippen MR) is 232 cm³/mol. The van der Waals surface area contributed by atoms with Crippen LogP contribution in [0.5, 0.6) is 0 Å². The molecule has 266 valence electrons. The van der Waals surface area contributed by atoms with Crippen LogP contribution in [0.15, 0.2) is 164 Å². The average molecular weight is 718 g/mol. The molecule has 3 heteroatoms. The Morgan fingerprint density at radius 1 is 0.321 bits per heavy atom. The molecule has 0 N–H and O–H groups in total. The minimum atomic E-state index is -0.192. The molecule has 2 aliphatic carbocycles. The third-order valence-electron chi connectivity index (χ3n) is 12.5. The van der Waals surface area contributed by atoms with Gasteiger partial charge in [0.1, 0.15) is 0 Å². The van der Waals surface area contributed by atoms with Gasteiger partial charge in [-0.2, -0.15) is 0 Å². The molecule has 9 aromatic rings. The standard InChI is InChI=1S/C53H39N3/c1-52(2)43-25-15-13-23-40(43)47-44(52)30-35-18-8-9-19-36(35)48(47)51-55-49(34-28-26-33(27-29-34)32-16-6-5-7-17-32)54-50(56-51)41-31-45-46(38-21-11-10-20-37(38)41)39-22-12-14-24-42(39)53(45,3)4/h5-31H,1-4H3. The van der Waals surface area contributed by atoms with Crippen LogP contribution in [-0.2, 0) is 10.8 Å². The summed E-state index contributed by atoms with van der Waals surface area (Å²) in [4.78, 5) is 16.4. The minimum Gasteiger partial charge on any atom is -0.208 e. The molecular formula is C53H39N3. The summed E-state index contributed by atoms with van der Waals surface area (Å²) in [5, 5.41) is 4.67. The quantitative estimate of drug-likeness (QED) is 0.182. The van der Waals surface area contributed by atoms with Crippen molar-refractivity contribution in [3.05, 3.63) is 186 Å². The molecular weight excluding hydrogens is 679 g/mol. The van der Waals surface area contributed by atoms with E-state index in [1.807, 2.05) is 0 Å². The zero-order valence-electron chi connectivity index (χ0n) is 31.9. The highest BCUT2D eigenvalue weighted by Gasteiger charge is 2.39. The number of hydrogen-bond donors (Lipinski definition) is 0. The van der Waals surface area contributed by atoms with E-state index in [2.05, 4.69) is 191 Å². The lowest BCUT2D eigenvalue weighted by Crippen LogP contribution is -2.15. The van der Waals surface area contributed by atoms with Crippen LogP contribution in [0.4, 0.5) is 0 Å². The van der Waals surface area contributed by atoms with Gasteiger partial charge in [0.05, 0.1) is 0 Å². The summed E-state index contributed by atoms with van der Waals surface area (Å²) in [6, 6.07) is 59.1. The van der Waals surface area contributed by atoms with Gasteiger partial charge in [-0.15, -0.1) is 0 Å². The molecule has 0 unspecified atom stereocenters. The van der Waals surface area contributed by atoms with E-state index in [0.29, 0.717) is 17.5 Å². The molecule has 1 aromatic heterocycles. The van der Waals surface area contributed by atoms with E-state index >= 15 is 0 Å². The number of aromatic nitrogens is 3. The van der Waals surface area contributed by atoms with Crippen LogP contribution in [0, 0.1) is 0 Å². The lowest BCUT2D eigenvalue weighted by molar-refractivity contribution is 0.661. The lowest BCUT2D eigenvalue weighted by atomic mass is 9.81. The molecule has 56 heavy (non-hydrogen) atoms. The Balaban J connectivity index is 1.22. The first-order valence-electron chi connectivity index (χ1n) is 19.5. The van der Waals surface area contributed by atoms with Crippen LogP contribution in [-0.4, -0.2) is 15.0 Å². The number of hydrogen-bond acceptors (Lipinski definition) is 3. The molecule has 0 spiro atoms. The summed E-state index contributed by atoms with van der Waals surface area (Å²) in [7, 11) is 0. The lowest BCUT2D eigenvalue weighted by Gasteiger charge is -2.23. The van der Waals surface area contributed by atoms with Gasteiger partial charge in [-0.3, -0.25) is 0 Å². The number of fused-ring (bicyclic) bond motifs is 9. The van der Waals surface area contributed by atoms with Crippen LogP contribution in [0.3, 0.4) is 0 Å². The Hall–Kier alpha value is -6.71. The van der Waals surface area contributed by atoms with Crippen molar-refractivity contribution in [1.29, 1.82) is 0 Å². The maximum atomic E-state index is 5.56. The van der Waals surface area contributed by atoms with Gasteiger partial charge >= 0.3 is 0 Å². The smallest absolute Gasteiger partial charge is 0.165 e. The van der Waals surface area contributed by atoms with Crippen molar-refractivity contribution in [3.8, 4) is 67.5 Å². The topological polar surface area (TPSA) is 38.7 Å². The van der Waals surface area contributed by atoms with Gasteiger partial charge in [0.25, 0.3) is 0 Å². The summed E-state index contributed by atoms with van der Waals surface area (Å²) < 4.78 is 0. The van der Waals surface area contributed by atoms with Crippen LogP contribution >= 0.6 is 0 Å². The molecule has 0 saturated heterocycles. The molecule has 0 bridgehead atoms. The highest BCUT2D eigenvalue weighted by Crippen LogP contribution is 2.55. The average Bonchev–Trinajstić information content (AvgIpc) is 3.62. The largest absolute Gasteiger partial charge is 0.208 e. The molecule has 8 aromatic carbocycles. The third-order valence-corrected chi connectivity index (χ3v) is 12.5. The summed E-state index contributed by atoms with van der Waals surface area (Å²) >= 11 is 0. The molecule has 2 aliphatic rings. The van der Waals surface area contributed by atoms with E-state index in [1.165, 1.54) is 60.8 Å². The maximum absolute atomic E-state index is 5.56. The van der Waals surface area contributed by atoms with Crippen molar-refractivity contribution >= 4 is 21.5 Å². The summed E-state index contributed by atoms with van der Waals surface area (Å²) in [6.07, 6.45) is 0.